The van der Waals surface area contributed by atoms with E-state index in [1.165, 1.54) is 17.7 Å². The summed E-state index contributed by atoms with van der Waals surface area (Å²) in [5.74, 6) is -0.181. The Bertz CT molecular complexity index is 721. The second kappa shape index (κ2) is 8.43. The first kappa shape index (κ1) is 18.5. The van der Waals surface area contributed by atoms with E-state index in [2.05, 4.69) is 24.0 Å². The number of hydrogen-bond acceptors (Lipinski definition) is 3. The lowest BCUT2D eigenvalue weighted by Crippen LogP contribution is -2.46. The van der Waals surface area contributed by atoms with E-state index in [0.717, 1.165) is 5.56 Å². The third-order valence-corrected chi connectivity index (χ3v) is 4.99. The van der Waals surface area contributed by atoms with Crippen LogP contribution in [0.5, 0.6) is 0 Å². The molecule has 1 amide bonds. The second-order valence-electron chi connectivity index (χ2n) is 6.75. The molecule has 1 fully saturated rings. The van der Waals surface area contributed by atoms with Gasteiger partial charge in [0.2, 0.25) is 5.91 Å². The molecule has 1 aliphatic heterocycles. The van der Waals surface area contributed by atoms with Crippen LogP contribution in [-0.4, -0.2) is 49.0 Å². The molecule has 1 heterocycles. The number of rotatable bonds is 5. The van der Waals surface area contributed by atoms with E-state index >= 15 is 0 Å². The highest BCUT2D eigenvalue weighted by Crippen LogP contribution is 2.23. The average molecular weight is 356 g/mol. The fourth-order valence-electron chi connectivity index (χ4n) is 3.19. The molecule has 2 unspecified atom stereocenters. The van der Waals surface area contributed by atoms with Gasteiger partial charge in [-0.2, -0.15) is 0 Å². The van der Waals surface area contributed by atoms with Crippen LogP contribution in [0.3, 0.4) is 0 Å². The minimum absolute atomic E-state index is 0.0886. The van der Waals surface area contributed by atoms with Crippen molar-refractivity contribution in [1.82, 2.24) is 9.80 Å². The Balaban J connectivity index is 1.59. The van der Waals surface area contributed by atoms with Gasteiger partial charge in [0.1, 0.15) is 11.9 Å². The van der Waals surface area contributed by atoms with E-state index in [1.54, 1.807) is 12.1 Å². The Labute approximate surface area is 154 Å². The van der Waals surface area contributed by atoms with Gasteiger partial charge < -0.3 is 9.64 Å². The molecular formula is C21H25FN2O2. The van der Waals surface area contributed by atoms with Crippen molar-refractivity contribution in [1.29, 1.82) is 0 Å². The van der Waals surface area contributed by atoms with E-state index in [1.807, 2.05) is 30.1 Å². The van der Waals surface area contributed by atoms with Gasteiger partial charge >= 0.3 is 0 Å². The lowest BCUT2D eigenvalue weighted by Gasteiger charge is -2.35. The summed E-state index contributed by atoms with van der Waals surface area (Å²) in [6.07, 6.45) is -0.204. The largest absolute Gasteiger partial charge is 0.370 e. The van der Waals surface area contributed by atoms with Crippen LogP contribution in [0.25, 0.3) is 0 Å². The summed E-state index contributed by atoms with van der Waals surface area (Å²) in [5, 5.41) is 0. The maximum Gasteiger partial charge on any atom is 0.236 e. The number of halogens is 1. The summed E-state index contributed by atoms with van der Waals surface area (Å²) >= 11 is 0. The Morgan fingerprint density at radius 1 is 1.23 bits per heavy atom. The molecule has 3 rings (SSSR count). The molecule has 0 aliphatic carbocycles. The molecule has 2 aromatic rings. The Hall–Kier alpha value is -2.24. The van der Waals surface area contributed by atoms with Crippen LogP contribution in [0.4, 0.5) is 4.39 Å². The van der Waals surface area contributed by atoms with Crippen LogP contribution in [0.15, 0.2) is 54.6 Å². The fraction of sp³-hybridized carbons (Fsp3) is 0.381. The molecule has 1 saturated heterocycles. The van der Waals surface area contributed by atoms with E-state index in [-0.39, 0.29) is 23.9 Å². The van der Waals surface area contributed by atoms with Gasteiger partial charge in [-0.05, 0) is 37.2 Å². The summed E-state index contributed by atoms with van der Waals surface area (Å²) in [6, 6.07) is 16.6. The number of morpholine rings is 1. The summed E-state index contributed by atoms with van der Waals surface area (Å²) in [7, 11) is 1.97. The SMILES string of the molecule is CC(c1ccccc1)N(C)CC(=O)N1CCOC(c2ccc(F)cc2)C1. The first-order chi connectivity index (χ1) is 12.5. The molecule has 0 saturated carbocycles. The quantitative estimate of drug-likeness (QED) is 0.823. The van der Waals surface area contributed by atoms with E-state index < -0.39 is 0 Å². The van der Waals surface area contributed by atoms with Crippen molar-refractivity contribution in [3.63, 3.8) is 0 Å². The third kappa shape index (κ3) is 4.48. The van der Waals surface area contributed by atoms with Crippen molar-refractivity contribution in [2.45, 2.75) is 19.1 Å². The zero-order valence-corrected chi connectivity index (χ0v) is 15.3. The number of likely N-dealkylation sites (N-methyl/N-ethyl adjacent to an activating group) is 1. The highest BCUT2D eigenvalue weighted by Gasteiger charge is 2.26. The number of hydrogen-bond donors (Lipinski definition) is 0. The highest BCUT2D eigenvalue weighted by molar-refractivity contribution is 5.78. The van der Waals surface area contributed by atoms with Gasteiger partial charge in [0.05, 0.1) is 19.7 Å². The molecule has 0 radical (unpaired) electrons. The molecule has 2 aromatic carbocycles. The smallest absolute Gasteiger partial charge is 0.236 e. The van der Waals surface area contributed by atoms with E-state index in [9.17, 15) is 9.18 Å². The lowest BCUT2D eigenvalue weighted by molar-refractivity contribution is -0.140. The van der Waals surface area contributed by atoms with Crippen molar-refractivity contribution in [2.75, 3.05) is 33.3 Å². The molecule has 5 heteroatoms. The van der Waals surface area contributed by atoms with Crippen molar-refractivity contribution >= 4 is 5.91 Å². The van der Waals surface area contributed by atoms with E-state index in [0.29, 0.717) is 26.2 Å². The van der Waals surface area contributed by atoms with Gasteiger partial charge in [0.15, 0.2) is 0 Å². The van der Waals surface area contributed by atoms with Crippen LogP contribution in [0, 0.1) is 5.82 Å². The molecular weight excluding hydrogens is 331 g/mol. The Morgan fingerprint density at radius 3 is 2.62 bits per heavy atom. The van der Waals surface area contributed by atoms with Gasteiger partial charge in [-0.3, -0.25) is 9.69 Å². The Kier molecular flexibility index (Phi) is 6.01. The highest BCUT2D eigenvalue weighted by atomic mass is 19.1. The first-order valence-electron chi connectivity index (χ1n) is 8.94. The van der Waals surface area contributed by atoms with Gasteiger partial charge in [-0.15, -0.1) is 0 Å². The number of ether oxygens (including phenoxy) is 1. The number of nitrogens with zero attached hydrogens (tertiary/aromatic N) is 2. The maximum atomic E-state index is 13.1. The number of amides is 1. The summed E-state index contributed by atoms with van der Waals surface area (Å²) < 4.78 is 18.9. The molecule has 0 spiro atoms. The van der Waals surface area contributed by atoms with E-state index in [4.69, 9.17) is 4.74 Å². The van der Waals surface area contributed by atoms with Crippen molar-refractivity contribution < 1.29 is 13.9 Å². The zero-order chi connectivity index (χ0) is 18.5. The van der Waals surface area contributed by atoms with Crippen molar-refractivity contribution in [3.8, 4) is 0 Å². The average Bonchev–Trinajstić information content (AvgIpc) is 2.68. The van der Waals surface area contributed by atoms with Crippen LogP contribution >= 0.6 is 0 Å². The van der Waals surface area contributed by atoms with Crippen LogP contribution in [0.1, 0.15) is 30.2 Å². The predicted octanol–water partition coefficient (Wildman–Crippen LogP) is 3.42. The van der Waals surface area contributed by atoms with Crippen molar-refractivity contribution in [2.24, 2.45) is 0 Å². The second-order valence-corrected chi connectivity index (χ2v) is 6.75. The standard InChI is InChI=1S/C21H25FN2O2/c1-16(17-6-4-3-5-7-17)23(2)15-21(25)24-12-13-26-20(14-24)18-8-10-19(22)11-9-18/h3-11,16,20H,12-15H2,1-2H3. The van der Waals surface area contributed by atoms with Crippen LogP contribution in [0.2, 0.25) is 0 Å². The van der Waals surface area contributed by atoms with Gasteiger partial charge in [-0.1, -0.05) is 42.5 Å². The van der Waals surface area contributed by atoms with Gasteiger partial charge in [0, 0.05) is 12.6 Å². The summed E-state index contributed by atoms with van der Waals surface area (Å²) in [4.78, 5) is 16.6. The molecule has 2 atom stereocenters. The molecule has 1 aliphatic rings. The molecule has 26 heavy (non-hydrogen) atoms. The molecule has 4 nitrogen and oxygen atoms in total. The normalized spacial score (nSPS) is 18.8. The lowest BCUT2D eigenvalue weighted by atomic mass is 10.1. The zero-order valence-electron chi connectivity index (χ0n) is 15.3. The minimum Gasteiger partial charge on any atom is -0.370 e. The number of carbonyl (C=O) groups is 1. The molecule has 0 bridgehead atoms. The van der Waals surface area contributed by atoms with Crippen LogP contribution in [-0.2, 0) is 9.53 Å². The monoisotopic (exact) mass is 356 g/mol. The Morgan fingerprint density at radius 2 is 1.92 bits per heavy atom. The third-order valence-electron chi connectivity index (χ3n) is 4.99. The summed E-state index contributed by atoms with van der Waals surface area (Å²) in [6.45, 7) is 4.03. The number of carbonyl (C=O) groups excluding carboxylic acids is 1. The van der Waals surface area contributed by atoms with Gasteiger partial charge in [0.25, 0.3) is 0 Å². The maximum absolute atomic E-state index is 13.1. The minimum atomic E-state index is -0.269. The summed E-state index contributed by atoms with van der Waals surface area (Å²) in [5.41, 5.74) is 2.09. The predicted molar refractivity (Wildman–Crippen MR) is 99.2 cm³/mol. The van der Waals surface area contributed by atoms with Gasteiger partial charge in [-0.25, -0.2) is 4.39 Å². The molecule has 0 N–H and O–H groups in total. The first-order valence-corrected chi connectivity index (χ1v) is 8.94. The molecule has 0 aromatic heterocycles. The topological polar surface area (TPSA) is 32.8 Å². The number of benzene rings is 2. The molecule has 138 valence electrons. The van der Waals surface area contributed by atoms with Crippen LogP contribution < -0.4 is 0 Å². The van der Waals surface area contributed by atoms with Crippen molar-refractivity contribution in [3.05, 3.63) is 71.5 Å². The fourth-order valence-corrected chi connectivity index (χ4v) is 3.19.